The highest BCUT2D eigenvalue weighted by molar-refractivity contribution is 4.97. The summed E-state index contributed by atoms with van der Waals surface area (Å²) in [5.74, 6) is -0.265. The second kappa shape index (κ2) is 3.97. The zero-order chi connectivity index (χ0) is 11.1. The number of hydrogen-bond acceptors (Lipinski definition) is 3. The molecule has 0 aliphatic carbocycles. The molecule has 0 saturated carbocycles. The molecule has 0 aromatic carbocycles. The third-order valence-electron chi connectivity index (χ3n) is 4.35. The van der Waals surface area contributed by atoms with E-state index in [1.54, 1.807) is 0 Å². The number of hydrogen-bond donors (Lipinski definition) is 0. The molecule has 3 heteroatoms. The molecule has 3 nitrogen and oxygen atoms in total. The summed E-state index contributed by atoms with van der Waals surface area (Å²) in [4.78, 5) is 0. The monoisotopic (exact) mass is 226 g/mol. The van der Waals surface area contributed by atoms with Crippen LogP contribution >= 0.6 is 0 Å². The van der Waals surface area contributed by atoms with E-state index in [4.69, 9.17) is 14.2 Å². The molecule has 0 amide bonds. The molecule has 1 spiro atoms. The third-order valence-corrected chi connectivity index (χ3v) is 4.35. The highest BCUT2D eigenvalue weighted by Gasteiger charge is 2.52. The summed E-state index contributed by atoms with van der Waals surface area (Å²) in [6.07, 6.45) is 8.22. The van der Waals surface area contributed by atoms with Crippen LogP contribution in [-0.2, 0) is 14.2 Å². The molecule has 3 atom stereocenters. The molecule has 0 N–H and O–H groups in total. The fourth-order valence-electron chi connectivity index (χ4n) is 3.36. The summed E-state index contributed by atoms with van der Waals surface area (Å²) in [5.41, 5.74) is -0.103. The van der Waals surface area contributed by atoms with E-state index in [1.807, 2.05) is 0 Å². The zero-order valence-corrected chi connectivity index (χ0v) is 10.2. The van der Waals surface area contributed by atoms with Crippen molar-refractivity contribution in [1.29, 1.82) is 0 Å². The molecular weight excluding hydrogens is 204 g/mol. The minimum Gasteiger partial charge on any atom is -0.375 e. The first-order chi connectivity index (χ1) is 7.73. The largest absolute Gasteiger partial charge is 0.375 e. The van der Waals surface area contributed by atoms with E-state index in [2.05, 4.69) is 6.92 Å². The second-order valence-electron chi connectivity index (χ2n) is 5.63. The lowest BCUT2D eigenvalue weighted by Crippen LogP contribution is -2.44. The number of ether oxygens (including phenoxy) is 3. The smallest absolute Gasteiger partial charge is 0.169 e. The minimum absolute atomic E-state index is 0.103. The predicted molar refractivity (Wildman–Crippen MR) is 60.2 cm³/mol. The van der Waals surface area contributed by atoms with Crippen LogP contribution in [-0.4, -0.2) is 30.7 Å². The summed E-state index contributed by atoms with van der Waals surface area (Å²) in [7, 11) is 0. The van der Waals surface area contributed by atoms with Crippen molar-refractivity contribution >= 4 is 0 Å². The van der Waals surface area contributed by atoms with Gasteiger partial charge in [-0.2, -0.15) is 0 Å². The van der Waals surface area contributed by atoms with Crippen molar-refractivity contribution in [2.45, 2.75) is 69.4 Å². The second-order valence-corrected chi connectivity index (χ2v) is 5.63. The third kappa shape index (κ3) is 1.79. The van der Waals surface area contributed by atoms with Gasteiger partial charge in [-0.05, 0) is 39.0 Å². The SMILES string of the molecule is C[C@]1([C@@H]2CCCO2)CC[C@@]2(CCCCO2)O1. The van der Waals surface area contributed by atoms with Gasteiger partial charge in [-0.3, -0.25) is 0 Å². The van der Waals surface area contributed by atoms with Gasteiger partial charge in [0.25, 0.3) is 0 Å². The van der Waals surface area contributed by atoms with E-state index in [9.17, 15) is 0 Å². The van der Waals surface area contributed by atoms with Gasteiger partial charge < -0.3 is 14.2 Å². The molecule has 16 heavy (non-hydrogen) atoms. The Morgan fingerprint density at radius 3 is 2.62 bits per heavy atom. The molecule has 3 aliphatic heterocycles. The summed E-state index contributed by atoms with van der Waals surface area (Å²) in [6.45, 7) is 3.97. The maximum absolute atomic E-state index is 6.31. The topological polar surface area (TPSA) is 27.7 Å². The summed E-state index contributed by atoms with van der Waals surface area (Å²) >= 11 is 0. The van der Waals surface area contributed by atoms with Crippen LogP contribution in [0.5, 0.6) is 0 Å². The lowest BCUT2D eigenvalue weighted by atomic mass is 9.92. The number of rotatable bonds is 1. The maximum Gasteiger partial charge on any atom is 0.169 e. The van der Waals surface area contributed by atoms with Crippen LogP contribution in [0.2, 0.25) is 0 Å². The summed E-state index contributed by atoms with van der Waals surface area (Å²) in [6, 6.07) is 0. The molecule has 92 valence electrons. The zero-order valence-electron chi connectivity index (χ0n) is 10.2. The first-order valence-corrected chi connectivity index (χ1v) is 6.68. The lowest BCUT2D eigenvalue weighted by Gasteiger charge is -2.37. The fraction of sp³-hybridized carbons (Fsp3) is 1.00. The molecule has 3 saturated heterocycles. The van der Waals surface area contributed by atoms with E-state index in [0.29, 0.717) is 0 Å². The van der Waals surface area contributed by atoms with Crippen molar-refractivity contribution in [2.24, 2.45) is 0 Å². The highest BCUT2D eigenvalue weighted by Crippen LogP contribution is 2.47. The Labute approximate surface area is 97.4 Å². The standard InChI is InChI=1S/C13H22O3/c1-12(11-5-4-9-14-11)7-8-13(16-12)6-2-3-10-15-13/h11H,2-10H2,1H3/t11-,12+,13+/m0/s1. The summed E-state index contributed by atoms with van der Waals surface area (Å²) < 4.78 is 18.0. The Balaban J connectivity index is 1.70. The van der Waals surface area contributed by atoms with Crippen LogP contribution in [0.4, 0.5) is 0 Å². The fourth-order valence-corrected chi connectivity index (χ4v) is 3.36. The molecular formula is C13H22O3. The minimum atomic E-state index is -0.265. The molecule has 3 fully saturated rings. The van der Waals surface area contributed by atoms with Crippen molar-refractivity contribution in [2.75, 3.05) is 13.2 Å². The van der Waals surface area contributed by atoms with Gasteiger partial charge >= 0.3 is 0 Å². The Hall–Kier alpha value is -0.120. The maximum atomic E-state index is 6.31. The normalized spacial score (nSPS) is 48.9. The van der Waals surface area contributed by atoms with Gasteiger partial charge in [-0.1, -0.05) is 0 Å². The van der Waals surface area contributed by atoms with Gasteiger partial charge in [-0.15, -0.1) is 0 Å². The van der Waals surface area contributed by atoms with Crippen LogP contribution in [0.1, 0.15) is 51.9 Å². The molecule has 0 aromatic rings. The van der Waals surface area contributed by atoms with E-state index < -0.39 is 0 Å². The Kier molecular flexibility index (Phi) is 2.73. The average Bonchev–Trinajstić information content (AvgIpc) is 2.90. The quantitative estimate of drug-likeness (QED) is 0.688. The Bertz CT molecular complexity index is 254. The first-order valence-electron chi connectivity index (χ1n) is 6.68. The van der Waals surface area contributed by atoms with Crippen molar-refractivity contribution in [3.8, 4) is 0 Å². The van der Waals surface area contributed by atoms with Crippen LogP contribution in [0, 0.1) is 0 Å². The lowest BCUT2D eigenvalue weighted by molar-refractivity contribution is -0.278. The Morgan fingerprint density at radius 2 is 1.94 bits per heavy atom. The van der Waals surface area contributed by atoms with E-state index in [-0.39, 0.29) is 17.5 Å². The predicted octanol–water partition coefficient (Wildman–Crippen LogP) is 2.63. The van der Waals surface area contributed by atoms with Crippen molar-refractivity contribution < 1.29 is 14.2 Å². The van der Waals surface area contributed by atoms with E-state index >= 15 is 0 Å². The molecule has 3 aliphatic rings. The van der Waals surface area contributed by atoms with Gasteiger partial charge in [0.1, 0.15) is 0 Å². The summed E-state index contributed by atoms with van der Waals surface area (Å²) in [5, 5.41) is 0. The van der Waals surface area contributed by atoms with Gasteiger partial charge in [0.2, 0.25) is 0 Å². The van der Waals surface area contributed by atoms with E-state index in [0.717, 1.165) is 38.9 Å². The molecule has 0 unspecified atom stereocenters. The van der Waals surface area contributed by atoms with Gasteiger partial charge in [0.05, 0.1) is 18.3 Å². The van der Waals surface area contributed by atoms with Crippen LogP contribution in [0.25, 0.3) is 0 Å². The van der Waals surface area contributed by atoms with Crippen LogP contribution < -0.4 is 0 Å². The molecule has 0 radical (unpaired) electrons. The van der Waals surface area contributed by atoms with Crippen molar-refractivity contribution in [3.63, 3.8) is 0 Å². The van der Waals surface area contributed by atoms with Gasteiger partial charge in [0, 0.05) is 19.4 Å². The first kappa shape index (κ1) is 11.0. The molecule has 3 rings (SSSR count). The van der Waals surface area contributed by atoms with Gasteiger partial charge in [-0.25, -0.2) is 0 Å². The highest BCUT2D eigenvalue weighted by atomic mass is 16.7. The van der Waals surface area contributed by atoms with E-state index in [1.165, 1.54) is 19.3 Å². The van der Waals surface area contributed by atoms with Crippen LogP contribution in [0.3, 0.4) is 0 Å². The van der Waals surface area contributed by atoms with Crippen LogP contribution in [0.15, 0.2) is 0 Å². The van der Waals surface area contributed by atoms with Crippen molar-refractivity contribution in [3.05, 3.63) is 0 Å². The average molecular weight is 226 g/mol. The van der Waals surface area contributed by atoms with Crippen molar-refractivity contribution in [1.82, 2.24) is 0 Å². The molecule has 3 heterocycles. The Morgan fingerprint density at radius 1 is 1.00 bits per heavy atom. The molecule has 0 aromatic heterocycles. The molecule has 0 bridgehead atoms. The van der Waals surface area contributed by atoms with Gasteiger partial charge in [0.15, 0.2) is 5.79 Å².